The Morgan fingerprint density at radius 1 is 0.938 bits per heavy atom. The summed E-state index contributed by atoms with van der Waals surface area (Å²) < 4.78 is 26.8. The number of pyridine rings is 1. The molecule has 1 aromatic heterocycles. The van der Waals surface area contributed by atoms with Gasteiger partial charge in [0, 0.05) is 37.8 Å². The van der Waals surface area contributed by atoms with E-state index in [0.29, 0.717) is 37.9 Å². The zero-order valence-electron chi connectivity index (χ0n) is 17.5. The van der Waals surface area contributed by atoms with Gasteiger partial charge >= 0.3 is 0 Å². The number of aryl methyl sites for hydroxylation is 1. The number of carbonyl (C=O) groups excluding carboxylic acids is 2. The van der Waals surface area contributed by atoms with Crippen LogP contribution in [0.5, 0.6) is 0 Å². The Morgan fingerprint density at radius 3 is 2.34 bits per heavy atom. The summed E-state index contributed by atoms with van der Waals surface area (Å²) in [4.78, 5) is 33.3. The molecule has 2 amide bonds. The second-order valence-electron chi connectivity index (χ2n) is 7.58. The first-order chi connectivity index (χ1) is 15.4. The van der Waals surface area contributed by atoms with Gasteiger partial charge in [0.2, 0.25) is 0 Å². The van der Waals surface area contributed by atoms with Crippen LogP contribution < -0.4 is 10.2 Å². The van der Waals surface area contributed by atoms with Crippen LogP contribution in [0.3, 0.4) is 0 Å². The molecular formula is C24H22F2N4O2. The van der Waals surface area contributed by atoms with E-state index in [4.69, 9.17) is 0 Å². The maximum Gasteiger partial charge on any atom is 0.258 e. The summed E-state index contributed by atoms with van der Waals surface area (Å²) in [6.45, 7) is 4.36. The number of carbonyl (C=O) groups is 2. The van der Waals surface area contributed by atoms with Crippen LogP contribution in [-0.2, 0) is 0 Å². The van der Waals surface area contributed by atoms with E-state index < -0.39 is 17.5 Å². The highest BCUT2D eigenvalue weighted by Gasteiger charge is 2.23. The van der Waals surface area contributed by atoms with Crippen LogP contribution >= 0.6 is 0 Å². The third kappa shape index (κ3) is 4.59. The average molecular weight is 436 g/mol. The molecule has 3 aromatic rings. The molecule has 0 atom stereocenters. The van der Waals surface area contributed by atoms with Gasteiger partial charge in [0.15, 0.2) is 0 Å². The number of benzene rings is 2. The van der Waals surface area contributed by atoms with Crippen LogP contribution in [0.2, 0.25) is 0 Å². The van der Waals surface area contributed by atoms with Crippen molar-refractivity contribution in [1.82, 2.24) is 9.88 Å². The summed E-state index contributed by atoms with van der Waals surface area (Å²) in [5.41, 5.74) is 1.83. The molecule has 6 nitrogen and oxygen atoms in total. The fraction of sp³-hybridized carbons (Fsp3) is 0.208. The third-order valence-electron chi connectivity index (χ3n) is 5.45. The monoisotopic (exact) mass is 436 g/mol. The summed E-state index contributed by atoms with van der Waals surface area (Å²) in [6.07, 6.45) is 1.49. The molecule has 8 heteroatoms. The minimum atomic E-state index is -0.926. The van der Waals surface area contributed by atoms with E-state index in [2.05, 4.69) is 15.2 Å². The molecule has 0 radical (unpaired) electrons. The van der Waals surface area contributed by atoms with Crippen LogP contribution in [0.15, 0.2) is 60.8 Å². The quantitative estimate of drug-likeness (QED) is 0.674. The van der Waals surface area contributed by atoms with Crippen molar-refractivity contribution < 1.29 is 18.4 Å². The van der Waals surface area contributed by atoms with Crippen LogP contribution in [0.1, 0.15) is 26.3 Å². The van der Waals surface area contributed by atoms with E-state index >= 15 is 0 Å². The molecule has 1 aliphatic rings. The Bertz CT molecular complexity index is 1140. The number of piperazine rings is 1. The molecule has 1 fully saturated rings. The summed E-state index contributed by atoms with van der Waals surface area (Å²) in [5.74, 6) is -1.60. The molecule has 2 heterocycles. The molecule has 32 heavy (non-hydrogen) atoms. The van der Waals surface area contributed by atoms with Crippen LogP contribution in [0.25, 0.3) is 0 Å². The lowest BCUT2D eigenvalue weighted by molar-refractivity contribution is 0.0745. The Kier molecular flexibility index (Phi) is 6.11. The van der Waals surface area contributed by atoms with Crippen LogP contribution in [-0.4, -0.2) is 47.9 Å². The predicted octanol–water partition coefficient (Wildman–Crippen LogP) is 3.88. The summed E-state index contributed by atoms with van der Waals surface area (Å²) in [5, 5.41) is 2.56. The Morgan fingerprint density at radius 2 is 1.69 bits per heavy atom. The van der Waals surface area contributed by atoms with Crippen molar-refractivity contribution in [1.29, 1.82) is 0 Å². The molecule has 4 rings (SSSR count). The van der Waals surface area contributed by atoms with E-state index in [-0.39, 0.29) is 11.5 Å². The Labute approximate surface area is 184 Å². The Hall–Kier alpha value is -3.81. The Balaban J connectivity index is 1.35. The number of amides is 2. The second-order valence-corrected chi connectivity index (χ2v) is 7.58. The van der Waals surface area contributed by atoms with Gasteiger partial charge in [-0.05, 0) is 42.8 Å². The average Bonchev–Trinajstić information content (AvgIpc) is 2.79. The molecule has 2 aromatic carbocycles. The molecule has 0 aliphatic carbocycles. The second kappa shape index (κ2) is 9.13. The number of nitrogens with one attached hydrogen (secondary N) is 1. The minimum Gasteiger partial charge on any atom is -0.353 e. The van der Waals surface area contributed by atoms with Gasteiger partial charge in [-0.2, -0.15) is 0 Å². The molecule has 164 valence electrons. The highest BCUT2D eigenvalue weighted by atomic mass is 19.1. The van der Waals surface area contributed by atoms with Gasteiger partial charge < -0.3 is 15.1 Å². The number of halogens is 2. The fourth-order valence-corrected chi connectivity index (χ4v) is 3.64. The third-order valence-corrected chi connectivity index (χ3v) is 5.45. The molecule has 1 aliphatic heterocycles. The first kappa shape index (κ1) is 21.4. The minimum absolute atomic E-state index is 0.0294. The molecule has 1 N–H and O–H groups in total. The number of hydrogen-bond donors (Lipinski definition) is 1. The van der Waals surface area contributed by atoms with Crippen molar-refractivity contribution >= 4 is 23.3 Å². The van der Waals surface area contributed by atoms with Gasteiger partial charge in [0.1, 0.15) is 17.5 Å². The maximum atomic E-state index is 13.8. The molecule has 1 saturated heterocycles. The number of anilines is 2. The highest BCUT2D eigenvalue weighted by molar-refractivity contribution is 6.04. The van der Waals surface area contributed by atoms with Crippen LogP contribution in [0, 0.1) is 18.6 Å². The van der Waals surface area contributed by atoms with Gasteiger partial charge in [-0.25, -0.2) is 13.8 Å². The van der Waals surface area contributed by atoms with Gasteiger partial charge in [0.25, 0.3) is 11.8 Å². The normalized spacial score (nSPS) is 13.7. The molecular weight excluding hydrogens is 414 g/mol. The molecule has 0 unspecified atom stereocenters. The van der Waals surface area contributed by atoms with Crippen molar-refractivity contribution in [3.05, 3.63) is 89.1 Å². The summed E-state index contributed by atoms with van der Waals surface area (Å²) >= 11 is 0. The molecule has 0 spiro atoms. The van der Waals surface area contributed by atoms with Gasteiger partial charge in [-0.1, -0.05) is 18.2 Å². The zero-order valence-corrected chi connectivity index (χ0v) is 17.5. The fourth-order valence-electron chi connectivity index (χ4n) is 3.64. The van der Waals surface area contributed by atoms with E-state index in [0.717, 1.165) is 29.1 Å². The predicted molar refractivity (Wildman–Crippen MR) is 118 cm³/mol. The lowest BCUT2D eigenvalue weighted by Gasteiger charge is -2.35. The maximum absolute atomic E-state index is 13.8. The summed E-state index contributed by atoms with van der Waals surface area (Å²) in [7, 11) is 0. The van der Waals surface area contributed by atoms with Gasteiger partial charge in [-0.3, -0.25) is 9.59 Å². The van der Waals surface area contributed by atoms with E-state index in [1.54, 1.807) is 12.1 Å². The summed E-state index contributed by atoms with van der Waals surface area (Å²) in [6, 6.07) is 13.8. The standard InChI is InChI=1S/C24H22F2N4O2/c1-16-4-2-3-5-19(16)24(32)30-12-10-29(11-13-30)22-9-7-18(15-27-22)28-23(31)20-8-6-17(25)14-21(20)26/h2-9,14-15H,10-13H2,1H3,(H,28,31). The highest BCUT2D eigenvalue weighted by Crippen LogP contribution is 2.19. The SMILES string of the molecule is Cc1ccccc1C(=O)N1CCN(c2ccc(NC(=O)c3ccc(F)cc3F)cn2)CC1. The van der Waals surface area contributed by atoms with Crippen molar-refractivity contribution in [2.24, 2.45) is 0 Å². The first-order valence-corrected chi connectivity index (χ1v) is 10.2. The molecule has 0 bridgehead atoms. The van der Waals surface area contributed by atoms with Gasteiger partial charge in [-0.15, -0.1) is 0 Å². The number of aromatic nitrogens is 1. The topological polar surface area (TPSA) is 65.5 Å². The first-order valence-electron chi connectivity index (χ1n) is 10.2. The van der Waals surface area contributed by atoms with E-state index in [9.17, 15) is 18.4 Å². The van der Waals surface area contributed by atoms with Crippen LogP contribution in [0.4, 0.5) is 20.3 Å². The number of hydrogen-bond acceptors (Lipinski definition) is 4. The van der Waals surface area contributed by atoms with Crippen molar-refractivity contribution in [3.8, 4) is 0 Å². The lowest BCUT2D eigenvalue weighted by atomic mass is 10.1. The lowest BCUT2D eigenvalue weighted by Crippen LogP contribution is -2.49. The van der Waals surface area contributed by atoms with E-state index in [1.165, 1.54) is 6.20 Å². The smallest absolute Gasteiger partial charge is 0.258 e. The zero-order chi connectivity index (χ0) is 22.7. The van der Waals surface area contributed by atoms with Crippen molar-refractivity contribution in [2.45, 2.75) is 6.92 Å². The van der Waals surface area contributed by atoms with Crippen molar-refractivity contribution in [2.75, 3.05) is 36.4 Å². The van der Waals surface area contributed by atoms with E-state index in [1.807, 2.05) is 36.1 Å². The van der Waals surface area contributed by atoms with Gasteiger partial charge in [0.05, 0.1) is 17.4 Å². The molecule has 0 saturated carbocycles. The largest absolute Gasteiger partial charge is 0.353 e. The van der Waals surface area contributed by atoms with Crippen molar-refractivity contribution in [3.63, 3.8) is 0 Å². The number of rotatable bonds is 4. The number of nitrogens with zero attached hydrogens (tertiary/aromatic N) is 3.